The maximum Gasteiger partial charge on any atom is 0.407 e. The molecular formula is C47H42N4O7. The molecule has 2 atom stereocenters. The van der Waals surface area contributed by atoms with Crippen LogP contribution in [0.5, 0.6) is 0 Å². The minimum atomic E-state index is -0.808. The topological polar surface area (TPSA) is 140 Å². The Bertz CT molecular complexity index is 2450. The molecule has 2 heterocycles. The van der Waals surface area contributed by atoms with Crippen LogP contribution in [-0.4, -0.2) is 64.6 Å². The highest BCUT2D eigenvalue weighted by molar-refractivity contribution is 5.97. The number of ether oxygens (including phenoxy) is 2. The number of hydrogen-bond donors (Lipinski definition) is 2. The average molecular weight is 775 g/mol. The molecule has 1 amide bonds. The fraction of sp³-hybridized carbons (Fsp3) is 0.213. The highest BCUT2D eigenvalue weighted by Gasteiger charge is 2.40. The quantitative estimate of drug-likeness (QED) is 0.101. The van der Waals surface area contributed by atoms with Crippen molar-refractivity contribution in [3.8, 4) is 11.1 Å². The van der Waals surface area contributed by atoms with Gasteiger partial charge in [-0.1, -0.05) is 140 Å². The lowest BCUT2D eigenvalue weighted by molar-refractivity contribution is -0.153. The van der Waals surface area contributed by atoms with Gasteiger partial charge in [-0.05, 0) is 39.8 Å². The van der Waals surface area contributed by atoms with Gasteiger partial charge < -0.3 is 14.8 Å². The van der Waals surface area contributed by atoms with E-state index in [1.807, 2.05) is 89.8 Å². The number of ketones is 1. The fourth-order valence-electron chi connectivity index (χ4n) is 8.13. The summed E-state index contributed by atoms with van der Waals surface area (Å²) < 4.78 is 13.4. The zero-order chi connectivity index (χ0) is 40.0. The van der Waals surface area contributed by atoms with Gasteiger partial charge >= 0.3 is 17.8 Å². The number of nitrogens with zero attached hydrogens (tertiary/aromatic N) is 2. The number of alkyl carbamates (subject to hydrolysis) is 1. The molecule has 1 aromatic heterocycles. The molecule has 0 unspecified atom stereocenters. The van der Waals surface area contributed by atoms with Crippen LogP contribution >= 0.6 is 0 Å². The lowest BCUT2D eigenvalue weighted by Gasteiger charge is -2.26. The molecule has 6 aromatic rings. The maximum atomic E-state index is 14.3. The van der Waals surface area contributed by atoms with Gasteiger partial charge in [0, 0.05) is 49.3 Å². The zero-order valence-electron chi connectivity index (χ0n) is 31.7. The van der Waals surface area contributed by atoms with Crippen molar-refractivity contribution in [1.29, 1.82) is 0 Å². The molecule has 5 aromatic carbocycles. The summed E-state index contributed by atoms with van der Waals surface area (Å²) in [6.45, 7) is 0.765. The van der Waals surface area contributed by atoms with E-state index in [1.54, 1.807) is 30.3 Å². The molecule has 11 heteroatoms. The number of amides is 1. The number of rotatable bonds is 13. The van der Waals surface area contributed by atoms with Gasteiger partial charge in [0.1, 0.15) is 12.6 Å². The molecule has 0 bridgehead atoms. The number of fused-ring (bicyclic) bond motifs is 3. The number of nitrogens with one attached hydrogen (secondary N) is 2. The summed E-state index contributed by atoms with van der Waals surface area (Å²) in [7, 11) is 0. The molecule has 1 saturated heterocycles. The van der Waals surface area contributed by atoms with Gasteiger partial charge in [-0.15, -0.1) is 0 Å². The molecule has 58 heavy (non-hydrogen) atoms. The van der Waals surface area contributed by atoms with E-state index < -0.39 is 41.5 Å². The van der Waals surface area contributed by atoms with E-state index in [2.05, 4.69) is 34.6 Å². The SMILES string of the molecule is O=C(NCCN1C[C@H](n2cc(CC(=O)c3ccccc3)c(=O)[nH]c2=O)C[C@@H]1C(=O)OC(c1ccccc1)c1ccccc1)OCC1c2ccccc2-c2ccccc21. The van der Waals surface area contributed by atoms with Gasteiger partial charge in [-0.3, -0.25) is 28.8 Å². The second-order valence-corrected chi connectivity index (χ2v) is 14.6. The predicted octanol–water partition coefficient (Wildman–Crippen LogP) is 6.45. The number of carbonyl (C=O) groups is 3. The first-order valence-electron chi connectivity index (χ1n) is 19.4. The van der Waals surface area contributed by atoms with Gasteiger partial charge in [0.15, 0.2) is 11.9 Å². The van der Waals surface area contributed by atoms with Gasteiger partial charge in [-0.2, -0.15) is 0 Å². The summed E-state index contributed by atoms with van der Waals surface area (Å²) >= 11 is 0. The minimum Gasteiger partial charge on any atom is -0.451 e. The van der Waals surface area contributed by atoms with Crippen molar-refractivity contribution in [2.45, 2.75) is 36.9 Å². The molecule has 0 saturated carbocycles. The second kappa shape index (κ2) is 17.1. The predicted molar refractivity (Wildman–Crippen MR) is 219 cm³/mol. The van der Waals surface area contributed by atoms with Crippen LogP contribution in [0.1, 0.15) is 62.7 Å². The van der Waals surface area contributed by atoms with Crippen molar-refractivity contribution >= 4 is 17.8 Å². The van der Waals surface area contributed by atoms with Crippen LogP contribution < -0.4 is 16.6 Å². The number of likely N-dealkylation sites (tertiary alicyclic amines) is 1. The van der Waals surface area contributed by atoms with Crippen molar-refractivity contribution in [2.24, 2.45) is 0 Å². The molecule has 2 aliphatic rings. The summed E-state index contributed by atoms with van der Waals surface area (Å²) in [4.78, 5) is 70.9. The first-order chi connectivity index (χ1) is 28.3. The zero-order valence-corrected chi connectivity index (χ0v) is 31.7. The monoisotopic (exact) mass is 774 g/mol. The Labute approximate surface area is 334 Å². The van der Waals surface area contributed by atoms with Gasteiger partial charge in [0.2, 0.25) is 0 Å². The third-order valence-corrected chi connectivity index (χ3v) is 11.0. The number of aromatic amines is 1. The lowest BCUT2D eigenvalue weighted by Crippen LogP contribution is -2.42. The third-order valence-electron chi connectivity index (χ3n) is 11.0. The first kappa shape index (κ1) is 38.0. The molecule has 1 aliphatic carbocycles. The summed E-state index contributed by atoms with van der Waals surface area (Å²) in [5, 5.41) is 2.84. The number of esters is 1. The highest BCUT2D eigenvalue weighted by Crippen LogP contribution is 2.44. The molecule has 0 spiro atoms. The number of hydrogen-bond acceptors (Lipinski definition) is 8. The fourth-order valence-corrected chi connectivity index (χ4v) is 8.13. The van der Waals surface area contributed by atoms with E-state index in [4.69, 9.17) is 9.47 Å². The normalized spacial score (nSPS) is 16.1. The van der Waals surface area contributed by atoms with Crippen LogP contribution in [0.3, 0.4) is 0 Å². The van der Waals surface area contributed by atoms with Crippen molar-refractivity contribution in [1.82, 2.24) is 19.8 Å². The number of aromatic nitrogens is 2. The molecule has 2 N–H and O–H groups in total. The number of carbonyl (C=O) groups excluding carboxylic acids is 3. The Morgan fingerprint density at radius 1 is 0.741 bits per heavy atom. The Morgan fingerprint density at radius 3 is 1.93 bits per heavy atom. The lowest BCUT2D eigenvalue weighted by atomic mass is 9.98. The standard InChI is InChI=1S/C47H42N4O7/c52-42(31-14-4-1-5-15-31)26-34-28-51(46(55)49-44(34)53)35-27-41(45(54)58-43(32-16-6-2-7-17-32)33-18-8-3-9-19-33)50(29-35)25-24-48-47(56)57-30-40-38-22-12-10-20-36(38)37-21-11-13-23-39(37)40/h1-23,28,35,40-41,43H,24-27,29-30H2,(H,48,56)(H,49,53,55)/t35-,41-/m1/s1. The summed E-state index contributed by atoms with van der Waals surface area (Å²) in [5.41, 5.74) is 5.36. The molecule has 0 radical (unpaired) electrons. The van der Waals surface area contributed by atoms with Crippen molar-refractivity contribution < 1.29 is 23.9 Å². The molecule has 292 valence electrons. The molecule has 8 rings (SSSR count). The molecule has 1 aliphatic heterocycles. The summed E-state index contributed by atoms with van der Waals surface area (Å²) in [6.07, 6.45) is 0.111. The van der Waals surface area contributed by atoms with Crippen molar-refractivity contribution in [3.05, 3.63) is 200 Å². The molecular weight excluding hydrogens is 733 g/mol. The highest BCUT2D eigenvalue weighted by atomic mass is 16.6. The number of Topliss-reactive ketones (excluding diaryl/α,β-unsaturated/α-hetero) is 1. The largest absolute Gasteiger partial charge is 0.451 e. The minimum absolute atomic E-state index is 0.0951. The van der Waals surface area contributed by atoms with Crippen LogP contribution in [0, 0.1) is 0 Å². The van der Waals surface area contributed by atoms with E-state index in [1.165, 1.54) is 10.8 Å². The Hall–Kier alpha value is -6.85. The average Bonchev–Trinajstić information content (AvgIpc) is 3.83. The van der Waals surface area contributed by atoms with Crippen LogP contribution in [0.2, 0.25) is 0 Å². The van der Waals surface area contributed by atoms with E-state index in [0.29, 0.717) is 5.56 Å². The molecule has 1 fully saturated rings. The second-order valence-electron chi connectivity index (χ2n) is 14.6. The van der Waals surface area contributed by atoms with Crippen LogP contribution in [0.4, 0.5) is 4.79 Å². The van der Waals surface area contributed by atoms with Crippen LogP contribution in [-0.2, 0) is 20.7 Å². The van der Waals surface area contributed by atoms with Gasteiger partial charge in [0.05, 0.1) is 6.04 Å². The van der Waals surface area contributed by atoms with Crippen molar-refractivity contribution in [3.63, 3.8) is 0 Å². The van der Waals surface area contributed by atoms with Crippen LogP contribution in [0.25, 0.3) is 11.1 Å². The Kier molecular flexibility index (Phi) is 11.2. The van der Waals surface area contributed by atoms with E-state index in [0.717, 1.165) is 33.4 Å². The Morgan fingerprint density at radius 2 is 1.31 bits per heavy atom. The van der Waals surface area contributed by atoms with Gasteiger partial charge in [0.25, 0.3) is 5.56 Å². The van der Waals surface area contributed by atoms with Crippen LogP contribution in [0.15, 0.2) is 155 Å². The van der Waals surface area contributed by atoms with E-state index in [9.17, 15) is 24.0 Å². The van der Waals surface area contributed by atoms with Crippen molar-refractivity contribution in [2.75, 3.05) is 26.2 Å². The number of benzene rings is 5. The first-order valence-corrected chi connectivity index (χ1v) is 19.4. The number of H-pyrrole nitrogens is 1. The van der Waals surface area contributed by atoms with E-state index >= 15 is 0 Å². The van der Waals surface area contributed by atoms with Gasteiger partial charge in [-0.25, -0.2) is 9.59 Å². The van der Waals surface area contributed by atoms with E-state index in [-0.39, 0.29) is 56.3 Å². The smallest absolute Gasteiger partial charge is 0.407 e. The third kappa shape index (κ3) is 8.16. The summed E-state index contributed by atoms with van der Waals surface area (Å²) in [5.74, 6) is -0.862. The Balaban J connectivity index is 0.996. The maximum absolute atomic E-state index is 14.3. The summed E-state index contributed by atoms with van der Waals surface area (Å²) in [6, 6.07) is 42.4. The molecule has 11 nitrogen and oxygen atoms in total.